The number of carbonyl (C=O) groups is 1. The summed E-state index contributed by atoms with van der Waals surface area (Å²) in [5, 5.41) is 2.73. The highest BCUT2D eigenvalue weighted by Gasteiger charge is 2.13. The van der Waals surface area contributed by atoms with Crippen molar-refractivity contribution in [2.75, 3.05) is 11.9 Å². The molecular weight excluding hydrogens is 354 g/mol. The molecule has 0 atom stereocenters. The van der Waals surface area contributed by atoms with Gasteiger partial charge >= 0.3 is 0 Å². The summed E-state index contributed by atoms with van der Waals surface area (Å²) in [4.78, 5) is 16.1. The number of hydrogen-bond donors (Lipinski definition) is 2. The Balaban J connectivity index is 1.54. The first-order valence-electron chi connectivity index (χ1n) is 7.88. The van der Waals surface area contributed by atoms with E-state index in [-0.39, 0.29) is 23.8 Å². The fourth-order valence-corrected chi connectivity index (χ4v) is 3.37. The number of sulfonamides is 1. The van der Waals surface area contributed by atoms with E-state index in [0.29, 0.717) is 11.4 Å². The first-order valence-corrected chi connectivity index (χ1v) is 9.36. The van der Waals surface area contributed by atoms with E-state index in [1.807, 2.05) is 6.07 Å². The van der Waals surface area contributed by atoms with Gasteiger partial charge in [-0.25, -0.2) is 18.1 Å². The normalized spacial score (nSPS) is 11.2. The number of nitrogens with zero attached hydrogens (tertiary/aromatic N) is 1. The first-order chi connectivity index (χ1) is 12.5. The summed E-state index contributed by atoms with van der Waals surface area (Å²) >= 11 is 0. The molecule has 7 nitrogen and oxygen atoms in total. The summed E-state index contributed by atoms with van der Waals surface area (Å²) in [6, 6.07) is 15.1. The number of oxazole rings is 1. The molecule has 0 spiro atoms. The van der Waals surface area contributed by atoms with E-state index in [9.17, 15) is 13.2 Å². The van der Waals surface area contributed by atoms with Crippen molar-refractivity contribution in [2.24, 2.45) is 0 Å². The predicted molar refractivity (Wildman–Crippen MR) is 96.8 cm³/mol. The number of nitrogens with one attached hydrogen (secondary N) is 2. The first kappa shape index (κ1) is 17.8. The molecule has 1 heterocycles. The van der Waals surface area contributed by atoms with Gasteiger partial charge in [0, 0.05) is 24.2 Å². The molecule has 0 saturated carbocycles. The van der Waals surface area contributed by atoms with Crippen LogP contribution in [0.2, 0.25) is 0 Å². The lowest BCUT2D eigenvalue weighted by molar-refractivity contribution is -0.116. The van der Waals surface area contributed by atoms with Crippen LogP contribution in [0.5, 0.6) is 0 Å². The van der Waals surface area contributed by atoms with Crippen LogP contribution in [-0.4, -0.2) is 25.9 Å². The van der Waals surface area contributed by atoms with E-state index in [2.05, 4.69) is 15.0 Å². The number of aromatic nitrogens is 1. The molecule has 0 aliphatic carbocycles. The van der Waals surface area contributed by atoms with E-state index >= 15 is 0 Å². The Hall–Kier alpha value is -2.97. The SMILES string of the molecule is O=C(CCNS(=O)(=O)c1ccccc1)Nc1cccc(-c2cnco2)c1. The Bertz CT molecular complexity index is 971. The maximum absolute atomic E-state index is 12.1. The highest BCUT2D eigenvalue weighted by molar-refractivity contribution is 7.89. The molecule has 2 N–H and O–H groups in total. The summed E-state index contributed by atoms with van der Waals surface area (Å²) in [5.41, 5.74) is 1.37. The lowest BCUT2D eigenvalue weighted by Gasteiger charge is -2.08. The van der Waals surface area contributed by atoms with Gasteiger partial charge in [-0.05, 0) is 24.3 Å². The lowest BCUT2D eigenvalue weighted by atomic mass is 10.1. The van der Waals surface area contributed by atoms with E-state index < -0.39 is 10.0 Å². The van der Waals surface area contributed by atoms with Crippen LogP contribution in [0.25, 0.3) is 11.3 Å². The van der Waals surface area contributed by atoms with Crippen LogP contribution in [-0.2, 0) is 14.8 Å². The van der Waals surface area contributed by atoms with Crippen molar-refractivity contribution in [1.29, 1.82) is 0 Å². The van der Waals surface area contributed by atoms with Crippen molar-refractivity contribution in [3.05, 3.63) is 67.2 Å². The molecule has 0 bridgehead atoms. The van der Waals surface area contributed by atoms with Gasteiger partial charge in [0.15, 0.2) is 12.2 Å². The van der Waals surface area contributed by atoms with Crippen molar-refractivity contribution in [3.63, 3.8) is 0 Å². The second-order valence-corrected chi connectivity index (χ2v) is 7.22. The van der Waals surface area contributed by atoms with Gasteiger partial charge in [-0.2, -0.15) is 0 Å². The summed E-state index contributed by atoms with van der Waals surface area (Å²) in [7, 11) is -3.61. The van der Waals surface area contributed by atoms with Gasteiger partial charge < -0.3 is 9.73 Å². The van der Waals surface area contributed by atoms with E-state index in [1.54, 1.807) is 42.6 Å². The summed E-state index contributed by atoms with van der Waals surface area (Å²) < 4.78 is 31.8. The van der Waals surface area contributed by atoms with Crippen molar-refractivity contribution < 1.29 is 17.6 Å². The molecule has 0 radical (unpaired) electrons. The summed E-state index contributed by atoms with van der Waals surface area (Å²) in [5.74, 6) is 0.298. The largest absolute Gasteiger partial charge is 0.444 e. The molecule has 26 heavy (non-hydrogen) atoms. The van der Waals surface area contributed by atoms with Crippen LogP contribution in [0.15, 0.2) is 76.5 Å². The van der Waals surface area contributed by atoms with Crippen molar-refractivity contribution in [1.82, 2.24) is 9.71 Å². The van der Waals surface area contributed by atoms with E-state index in [0.717, 1.165) is 5.56 Å². The quantitative estimate of drug-likeness (QED) is 0.665. The van der Waals surface area contributed by atoms with Crippen LogP contribution >= 0.6 is 0 Å². The summed E-state index contributed by atoms with van der Waals surface area (Å²) in [6.45, 7) is 0.00482. The molecule has 0 unspecified atom stereocenters. The molecule has 1 amide bonds. The average molecular weight is 371 g/mol. The van der Waals surface area contributed by atoms with Gasteiger partial charge in [0.05, 0.1) is 11.1 Å². The molecule has 0 fully saturated rings. The average Bonchev–Trinajstić information content (AvgIpc) is 3.17. The van der Waals surface area contributed by atoms with Gasteiger partial charge in [0.1, 0.15) is 0 Å². The Labute approximate surface area is 151 Å². The van der Waals surface area contributed by atoms with Gasteiger partial charge in [-0.1, -0.05) is 30.3 Å². The van der Waals surface area contributed by atoms with E-state index in [1.165, 1.54) is 18.5 Å². The Morgan fingerprint density at radius 2 is 1.88 bits per heavy atom. The van der Waals surface area contributed by atoms with Crippen molar-refractivity contribution >= 4 is 21.6 Å². The van der Waals surface area contributed by atoms with Crippen LogP contribution < -0.4 is 10.0 Å². The van der Waals surface area contributed by atoms with Crippen LogP contribution in [0.3, 0.4) is 0 Å². The third-order valence-corrected chi connectivity index (χ3v) is 5.04. The zero-order valence-electron chi connectivity index (χ0n) is 13.8. The molecule has 1 aromatic heterocycles. The standard InChI is InChI=1S/C18H17N3O4S/c22-18(9-10-20-26(23,24)16-7-2-1-3-8-16)21-15-6-4-5-14(11-15)17-12-19-13-25-17/h1-8,11-13,20H,9-10H2,(H,21,22). The highest BCUT2D eigenvalue weighted by atomic mass is 32.2. The number of benzene rings is 2. The number of hydrogen-bond acceptors (Lipinski definition) is 5. The Morgan fingerprint density at radius 3 is 2.62 bits per heavy atom. The second kappa shape index (κ2) is 7.94. The minimum Gasteiger partial charge on any atom is -0.444 e. The monoisotopic (exact) mass is 371 g/mol. The second-order valence-electron chi connectivity index (χ2n) is 5.46. The number of amides is 1. The highest BCUT2D eigenvalue weighted by Crippen LogP contribution is 2.22. The van der Waals surface area contributed by atoms with Crippen molar-refractivity contribution in [3.8, 4) is 11.3 Å². The van der Waals surface area contributed by atoms with Gasteiger partial charge in [0.25, 0.3) is 0 Å². The Kier molecular flexibility index (Phi) is 5.45. The zero-order chi connectivity index (χ0) is 18.4. The molecule has 2 aromatic carbocycles. The minimum absolute atomic E-state index is 0.00482. The van der Waals surface area contributed by atoms with E-state index in [4.69, 9.17) is 4.42 Å². The molecule has 3 aromatic rings. The topological polar surface area (TPSA) is 101 Å². The number of carbonyl (C=O) groups excluding carboxylic acids is 1. The Morgan fingerprint density at radius 1 is 1.08 bits per heavy atom. The van der Waals surface area contributed by atoms with Gasteiger partial charge in [0.2, 0.25) is 15.9 Å². The third-order valence-electron chi connectivity index (χ3n) is 3.56. The van der Waals surface area contributed by atoms with Crippen LogP contribution in [0.4, 0.5) is 5.69 Å². The maximum atomic E-state index is 12.1. The van der Waals surface area contributed by atoms with Crippen LogP contribution in [0.1, 0.15) is 6.42 Å². The smallest absolute Gasteiger partial charge is 0.240 e. The van der Waals surface area contributed by atoms with Gasteiger partial charge in [-0.3, -0.25) is 4.79 Å². The maximum Gasteiger partial charge on any atom is 0.240 e. The fraction of sp³-hybridized carbons (Fsp3) is 0.111. The fourth-order valence-electron chi connectivity index (χ4n) is 2.31. The minimum atomic E-state index is -3.61. The molecule has 0 saturated heterocycles. The van der Waals surface area contributed by atoms with Crippen molar-refractivity contribution in [2.45, 2.75) is 11.3 Å². The zero-order valence-corrected chi connectivity index (χ0v) is 14.6. The number of rotatable bonds is 7. The summed E-state index contributed by atoms with van der Waals surface area (Å²) in [6.07, 6.45) is 2.93. The van der Waals surface area contributed by atoms with Crippen LogP contribution in [0, 0.1) is 0 Å². The lowest BCUT2D eigenvalue weighted by Crippen LogP contribution is -2.27. The number of anilines is 1. The van der Waals surface area contributed by atoms with Gasteiger partial charge in [-0.15, -0.1) is 0 Å². The molecule has 134 valence electrons. The molecular formula is C18H17N3O4S. The molecule has 0 aliphatic heterocycles. The third kappa shape index (κ3) is 4.56. The predicted octanol–water partition coefficient (Wildman–Crippen LogP) is 2.65. The molecule has 0 aliphatic rings. The molecule has 8 heteroatoms. The molecule has 3 rings (SSSR count).